The molecule has 0 amide bonds. The van der Waals surface area contributed by atoms with E-state index in [0.29, 0.717) is 19.6 Å². The molecule has 1 aliphatic rings. The molecule has 0 spiro atoms. The standard InChI is InChI=1S/C9H16O4/c1-6-5-13-4-3-7(6)9(2,12)8(10)11/h6-7,12H,3-5H2,1-2H3,(H,10,11). The summed E-state index contributed by atoms with van der Waals surface area (Å²) in [4.78, 5) is 10.8. The van der Waals surface area contributed by atoms with E-state index in [2.05, 4.69) is 0 Å². The van der Waals surface area contributed by atoms with Crippen molar-refractivity contribution in [3.8, 4) is 0 Å². The zero-order valence-corrected chi connectivity index (χ0v) is 7.99. The average Bonchev–Trinajstić information content (AvgIpc) is 2.04. The van der Waals surface area contributed by atoms with Gasteiger partial charge in [0.05, 0.1) is 0 Å². The Morgan fingerprint density at radius 3 is 2.69 bits per heavy atom. The van der Waals surface area contributed by atoms with E-state index in [1.807, 2.05) is 6.92 Å². The maximum Gasteiger partial charge on any atom is 0.335 e. The van der Waals surface area contributed by atoms with E-state index >= 15 is 0 Å². The predicted octanol–water partition coefficient (Wildman–Crippen LogP) is 0.495. The van der Waals surface area contributed by atoms with Gasteiger partial charge in [0.1, 0.15) is 0 Å². The molecule has 1 fully saturated rings. The number of carboxylic acids is 1. The van der Waals surface area contributed by atoms with Gasteiger partial charge in [-0.1, -0.05) is 6.92 Å². The molecule has 4 nitrogen and oxygen atoms in total. The molecule has 0 aromatic rings. The quantitative estimate of drug-likeness (QED) is 0.662. The summed E-state index contributed by atoms with van der Waals surface area (Å²) >= 11 is 0. The third-order valence-electron chi connectivity index (χ3n) is 2.80. The van der Waals surface area contributed by atoms with Crippen LogP contribution in [0.25, 0.3) is 0 Å². The smallest absolute Gasteiger partial charge is 0.335 e. The summed E-state index contributed by atoms with van der Waals surface area (Å²) in [5.74, 6) is -1.26. The van der Waals surface area contributed by atoms with Gasteiger partial charge in [-0.2, -0.15) is 0 Å². The molecule has 0 aliphatic carbocycles. The minimum absolute atomic E-state index is 0.0971. The maximum atomic E-state index is 10.8. The number of hydrogen-bond donors (Lipinski definition) is 2. The van der Waals surface area contributed by atoms with Crippen LogP contribution in [0.1, 0.15) is 20.3 Å². The van der Waals surface area contributed by atoms with E-state index in [9.17, 15) is 9.90 Å². The second kappa shape index (κ2) is 3.64. The Kier molecular flexibility index (Phi) is 2.93. The number of hydrogen-bond acceptors (Lipinski definition) is 3. The highest BCUT2D eigenvalue weighted by Crippen LogP contribution is 2.31. The summed E-state index contributed by atoms with van der Waals surface area (Å²) in [7, 11) is 0. The van der Waals surface area contributed by atoms with Crippen LogP contribution in [-0.4, -0.2) is 35.0 Å². The first kappa shape index (κ1) is 10.5. The van der Waals surface area contributed by atoms with E-state index in [4.69, 9.17) is 9.84 Å². The van der Waals surface area contributed by atoms with Crippen LogP contribution in [0.4, 0.5) is 0 Å². The average molecular weight is 188 g/mol. The Morgan fingerprint density at radius 2 is 2.23 bits per heavy atom. The molecule has 1 heterocycles. The third kappa shape index (κ3) is 2.00. The topological polar surface area (TPSA) is 66.8 Å². The maximum absolute atomic E-state index is 10.8. The van der Waals surface area contributed by atoms with E-state index in [1.165, 1.54) is 6.92 Å². The largest absolute Gasteiger partial charge is 0.479 e. The Morgan fingerprint density at radius 1 is 1.62 bits per heavy atom. The molecule has 1 saturated heterocycles. The lowest BCUT2D eigenvalue weighted by Gasteiger charge is -2.36. The van der Waals surface area contributed by atoms with Gasteiger partial charge in [0.15, 0.2) is 5.60 Å². The van der Waals surface area contributed by atoms with Crippen molar-refractivity contribution in [2.45, 2.75) is 25.9 Å². The summed E-state index contributed by atoms with van der Waals surface area (Å²) in [6, 6.07) is 0. The van der Waals surface area contributed by atoms with Gasteiger partial charge >= 0.3 is 5.97 Å². The van der Waals surface area contributed by atoms with Crippen LogP contribution in [-0.2, 0) is 9.53 Å². The molecule has 0 bridgehead atoms. The van der Waals surface area contributed by atoms with Crippen molar-refractivity contribution in [2.75, 3.05) is 13.2 Å². The van der Waals surface area contributed by atoms with Gasteiger partial charge < -0.3 is 14.9 Å². The fourth-order valence-corrected chi connectivity index (χ4v) is 1.87. The third-order valence-corrected chi connectivity index (χ3v) is 2.80. The van der Waals surface area contributed by atoms with Crippen molar-refractivity contribution in [3.63, 3.8) is 0 Å². The molecule has 0 aromatic carbocycles. The van der Waals surface area contributed by atoms with Gasteiger partial charge in [0.25, 0.3) is 0 Å². The molecule has 13 heavy (non-hydrogen) atoms. The molecule has 0 radical (unpaired) electrons. The molecular weight excluding hydrogens is 172 g/mol. The lowest BCUT2D eigenvalue weighted by molar-refractivity contribution is -0.170. The number of ether oxygens (including phenoxy) is 1. The SMILES string of the molecule is CC1COCCC1C(C)(O)C(=O)O. The zero-order valence-electron chi connectivity index (χ0n) is 7.99. The number of rotatable bonds is 2. The molecule has 76 valence electrons. The van der Waals surface area contributed by atoms with Crippen molar-refractivity contribution >= 4 is 5.97 Å². The minimum atomic E-state index is -1.62. The van der Waals surface area contributed by atoms with Crippen molar-refractivity contribution in [1.82, 2.24) is 0 Å². The Labute approximate surface area is 77.5 Å². The molecular formula is C9H16O4. The van der Waals surface area contributed by atoms with Crippen molar-refractivity contribution < 1.29 is 19.7 Å². The monoisotopic (exact) mass is 188 g/mol. The minimum Gasteiger partial charge on any atom is -0.479 e. The summed E-state index contributed by atoms with van der Waals surface area (Å²) < 4.78 is 5.18. The van der Waals surface area contributed by atoms with Crippen LogP contribution in [0.2, 0.25) is 0 Å². The Balaban J connectivity index is 2.73. The Hall–Kier alpha value is -0.610. The number of aliphatic hydroxyl groups is 1. The summed E-state index contributed by atoms with van der Waals surface area (Å²) in [5.41, 5.74) is -1.62. The first-order valence-electron chi connectivity index (χ1n) is 4.49. The van der Waals surface area contributed by atoms with E-state index in [-0.39, 0.29) is 11.8 Å². The van der Waals surface area contributed by atoms with Crippen LogP contribution in [0, 0.1) is 11.8 Å². The van der Waals surface area contributed by atoms with Crippen LogP contribution in [0.5, 0.6) is 0 Å². The number of carboxylic acid groups (broad SMARTS) is 1. The lowest BCUT2D eigenvalue weighted by Crippen LogP contribution is -2.48. The van der Waals surface area contributed by atoms with Crippen molar-refractivity contribution in [1.29, 1.82) is 0 Å². The number of aliphatic carboxylic acids is 1. The first-order valence-corrected chi connectivity index (χ1v) is 4.49. The van der Waals surface area contributed by atoms with Gasteiger partial charge in [-0.3, -0.25) is 0 Å². The van der Waals surface area contributed by atoms with Gasteiger partial charge in [0, 0.05) is 19.1 Å². The molecule has 0 aromatic heterocycles. The van der Waals surface area contributed by atoms with Gasteiger partial charge in [-0.15, -0.1) is 0 Å². The number of carbonyl (C=O) groups is 1. The van der Waals surface area contributed by atoms with Crippen LogP contribution < -0.4 is 0 Å². The molecule has 3 atom stereocenters. The van der Waals surface area contributed by atoms with Gasteiger partial charge in [0.2, 0.25) is 0 Å². The predicted molar refractivity (Wildman–Crippen MR) is 46.3 cm³/mol. The van der Waals surface area contributed by atoms with E-state index in [0.717, 1.165) is 0 Å². The molecule has 2 N–H and O–H groups in total. The fourth-order valence-electron chi connectivity index (χ4n) is 1.87. The second-order valence-electron chi connectivity index (χ2n) is 3.90. The van der Waals surface area contributed by atoms with E-state index < -0.39 is 11.6 Å². The first-order chi connectivity index (χ1) is 5.96. The second-order valence-corrected chi connectivity index (χ2v) is 3.90. The highest BCUT2D eigenvalue weighted by molar-refractivity contribution is 5.77. The summed E-state index contributed by atoms with van der Waals surface area (Å²) in [6.45, 7) is 4.34. The van der Waals surface area contributed by atoms with Crippen molar-refractivity contribution in [3.05, 3.63) is 0 Å². The molecule has 0 saturated carbocycles. The fraction of sp³-hybridized carbons (Fsp3) is 0.889. The highest BCUT2D eigenvalue weighted by atomic mass is 16.5. The van der Waals surface area contributed by atoms with Crippen LogP contribution in [0.3, 0.4) is 0 Å². The Bertz CT molecular complexity index is 200. The van der Waals surface area contributed by atoms with Crippen LogP contribution in [0.15, 0.2) is 0 Å². The molecule has 4 heteroatoms. The molecule has 3 unspecified atom stereocenters. The van der Waals surface area contributed by atoms with Crippen LogP contribution >= 0.6 is 0 Å². The lowest BCUT2D eigenvalue weighted by atomic mass is 9.77. The molecule has 1 aliphatic heterocycles. The van der Waals surface area contributed by atoms with Gasteiger partial charge in [-0.05, 0) is 19.3 Å². The highest BCUT2D eigenvalue weighted by Gasteiger charge is 2.43. The van der Waals surface area contributed by atoms with Gasteiger partial charge in [-0.25, -0.2) is 4.79 Å². The summed E-state index contributed by atoms with van der Waals surface area (Å²) in [5, 5.41) is 18.6. The summed E-state index contributed by atoms with van der Waals surface area (Å²) in [6.07, 6.45) is 0.612. The zero-order chi connectivity index (χ0) is 10.1. The van der Waals surface area contributed by atoms with Crippen molar-refractivity contribution in [2.24, 2.45) is 11.8 Å². The normalized spacial score (nSPS) is 33.8. The van der Waals surface area contributed by atoms with E-state index in [1.54, 1.807) is 0 Å². The molecule has 1 rings (SSSR count).